The molecule has 28 heavy (non-hydrogen) atoms. The van der Waals surface area contributed by atoms with Gasteiger partial charge in [0.05, 0.1) is 6.42 Å². The van der Waals surface area contributed by atoms with Crippen LogP contribution in [0.2, 0.25) is 0 Å². The van der Waals surface area contributed by atoms with Crippen LogP contribution >= 0.6 is 0 Å². The first-order valence-electron chi connectivity index (χ1n) is 10.7. The van der Waals surface area contributed by atoms with Crippen molar-refractivity contribution in [3.63, 3.8) is 0 Å². The average Bonchev–Trinajstić information content (AvgIpc) is 2.75. The van der Waals surface area contributed by atoms with Gasteiger partial charge < -0.3 is 10.2 Å². The van der Waals surface area contributed by atoms with Crippen molar-refractivity contribution in [2.24, 2.45) is 5.92 Å². The Balaban J connectivity index is 1.26. The number of carbonyl (C=O) groups is 2. The molecule has 0 aromatic heterocycles. The van der Waals surface area contributed by atoms with Crippen LogP contribution in [0.25, 0.3) is 10.8 Å². The summed E-state index contributed by atoms with van der Waals surface area (Å²) in [5.41, 5.74) is 1.07. The van der Waals surface area contributed by atoms with Crippen LogP contribution in [0.5, 0.6) is 0 Å². The molecule has 2 fully saturated rings. The molecule has 1 saturated heterocycles. The second kappa shape index (κ2) is 8.76. The number of amides is 2. The van der Waals surface area contributed by atoms with E-state index in [-0.39, 0.29) is 23.8 Å². The maximum absolute atomic E-state index is 12.7. The molecule has 2 aliphatic rings. The Hall–Kier alpha value is -2.36. The Morgan fingerprint density at radius 3 is 2.36 bits per heavy atom. The van der Waals surface area contributed by atoms with E-state index in [1.807, 2.05) is 17.0 Å². The number of benzene rings is 2. The third kappa shape index (κ3) is 4.54. The van der Waals surface area contributed by atoms with Gasteiger partial charge in [0.25, 0.3) is 0 Å². The molecule has 1 saturated carbocycles. The molecule has 2 aromatic carbocycles. The summed E-state index contributed by atoms with van der Waals surface area (Å²) in [6.07, 6.45) is 7.87. The quantitative estimate of drug-likeness (QED) is 0.872. The van der Waals surface area contributed by atoms with Gasteiger partial charge in [-0.2, -0.15) is 0 Å². The minimum atomic E-state index is 0.187. The highest BCUT2D eigenvalue weighted by atomic mass is 16.2. The fourth-order valence-electron chi connectivity index (χ4n) is 4.59. The topological polar surface area (TPSA) is 49.4 Å². The minimum absolute atomic E-state index is 0.187. The maximum atomic E-state index is 12.7. The molecule has 0 bridgehead atoms. The highest BCUT2D eigenvalue weighted by Gasteiger charge is 2.27. The number of hydrogen-bond donors (Lipinski definition) is 1. The standard InChI is InChI=1S/C24H30N2O2/c27-23(17-18-10-11-19-6-4-5-9-21(19)16-18)26-14-12-22(13-15-26)25-24(28)20-7-2-1-3-8-20/h4-6,9-11,16,20,22H,1-3,7-8,12-15,17H2,(H,25,28). The fourth-order valence-corrected chi connectivity index (χ4v) is 4.59. The van der Waals surface area contributed by atoms with Crippen LogP contribution in [0, 0.1) is 5.92 Å². The molecule has 0 radical (unpaired) electrons. The molecular formula is C24H30N2O2. The lowest BCUT2D eigenvalue weighted by Crippen LogP contribution is -2.48. The Labute approximate surface area is 167 Å². The van der Waals surface area contributed by atoms with Crippen molar-refractivity contribution in [3.8, 4) is 0 Å². The summed E-state index contributed by atoms with van der Waals surface area (Å²) < 4.78 is 0. The van der Waals surface area contributed by atoms with Gasteiger partial charge in [0, 0.05) is 25.0 Å². The van der Waals surface area contributed by atoms with Crippen molar-refractivity contribution in [1.82, 2.24) is 10.2 Å². The lowest BCUT2D eigenvalue weighted by atomic mass is 9.88. The van der Waals surface area contributed by atoms with E-state index >= 15 is 0 Å². The second-order valence-corrected chi connectivity index (χ2v) is 8.36. The van der Waals surface area contributed by atoms with Gasteiger partial charge in [0.2, 0.25) is 11.8 Å². The molecule has 0 atom stereocenters. The maximum Gasteiger partial charge on any atom is 0.226 e. The average molecular weight is 379 g/mol. The number of piperidine rings is 1. The van der Waals surface area contributed by atoms with E-state index < -0.39 is 0 Å². The number of hydrogen-bond acceptors (Lipinski definition) is 2. The molecule has 2 aromatic rings. The summed E-state index contributed by atoms with van der Waals surface area (Å²) >= 11 is 0. The molecule has 2 amide bonds. The van der Waals surface area contributed by atoms with Crippen molar-refractivity contribution < 1.29 is 9.59 Å². The molecule has 0 unspecified atom stereocenters. The summed E-state index contributed by atoms with van der Waals surface area (Å²) in [4.78, 5) is 27.1. The number of rotatable bonds is 4. The van der Waals surface area contributed by atoms with E-state index in [4.69, 9.17) is 0 Å². The lowest BCUT2D eigenvalue weighted by Gasteiger charge is -2.33. The van der Waals surface area contributed by atoms with E-state index in [2.05, 4.69) is 35.6 Å². The van der Waals surface area contributed by atoms with E-state index in [1.165, 1.54) is 30.0 Å². The summed E-state index contributed by atoms with van der Waals surface area (Å²) in [7, 11) is 0. The zero-order valence-electron chi connectivity index (χ0n) is 16.5. The smallest absolute Gasteiger partial charge is 0.226 e. The molecule has 0 spiro atoms. The molecule has 4 heteroatoms. The lowest BCUT2D eigenvalue weighted by molar-refractivity contribution is -0.131. The van der Waals surface area contributed by atoms with Gasteiger partial charge in [-0.15, -0.1) is 0 Å². The highest BCUT2D eigenvalue weighted by molar-refractivity contribution is 5.85. The van der Waals surface area contributed by atoms with Crippen molar-refractivity contribution in [3.05, 3.63) is 48.0 Å². The van der Waals surface area contributed by atoms with Gasteiger partial charge in [-0.3, -0.25) is 9.59 Å². The van der Waals surface area contributed by atoms with Gasteiger partial charge in [-0.1, -0.05) is 61.7 Å². The Morgan fingerprint density at radius 2 is 1.61 bits per heavy atom. The van der Waals surface area contributed by atoms with Crippen LogP contribution in [0.3, 0.4) is 0 Å². The second-order valence-electron chi connectivity index (χ2n) is 8.36. The number of fused-ring (bicyclic) bond motifs is 1. The van der Waals surface area contributed by atoms with Crippen LogP contribution in [-0.2, 0) is 16.0 Å². The molecule has 4 rings (SSSR count). The molecule has 1 aliphatic carbocycles. The predicted octanol–water partition coefficient (Wildman–Crippen LogP) is 4.07. The number of nitrogens with zero attached hydrogens (tertiary/aromatic N) is 1. The Kier molecular flexibility index (Phi) is 5.94. The summed E-state index contributed by atoms with van der Waals surface area (Å²) in [5.74, 6) is 0.634. The molecular weight excluding hydrogens is 348 g/mol. The molecule has 1 N–H and O–H groups in total. The van der Waals surface area contributed by atoms with Crippen molar-refractivity contribution in [2.45, 2.75) is 57.4 Å². The third-order valence-electron chi connectivity index (χ3n) is 6.34. The Morgan fingerprint density at radius 1 is 0.893 bits per heavy atom. The van der Waals surface area contributed by atoms with Gasteiger partial charge in [-0.05, 0) is 42.0 Å². The summed E-state index contributed by atoms with van der Waals surface area (Å²) in [6, 6.07) is 14.7. The van der Waals surface area contributed by atoms with Crippen LogP contribution in [0.4, 0.5) is 0 Å². The first-order valence-corrected chi connectivity index (χ1v) is 10.7. The molecule has 1 aliphatic heterocycles. The third-order valence-corrected chi connectivity index (χ3v) is 6.34. The van der Waals surface area contributed by atoms with E-state index in [0.717, 1.165) is 44.3 Å². The molecule has 1 heterocycles. The SMILES string of the molecule is O=C(NC1CCN(C(=O)Cc2ccc3ccccc3c2)CC1)C1CCCCC1. The predicted molar refractivity (Wildman–Crippen MR) is 112 cm³/mol. The number of likely N-dealkylation sites (tertiary alicyclic amines) is 1. The first-order chi connectivity index (χ1) is 13.7. The van der Waals surface area contributed by atoms with Crippen LogP contribution < -0.4 is 5.32 Å². The fraction of sp³-hybridized carbons (Fsp3) is 0.500. The normalized spacial score (nSPS) is 18.9. The number of carbonyl (C=O) groups excluding carboxylic acids is 2. The summed E-state index contributed by atoms with van der Waals surface area (Å²) in [6.45, 7) is 1.48. The molecule has 148 valence electrons. The minimum Gasteiger partial charge on any atom is -0.353 e. The van der Waals surface area contributed by atoms with Crippen molar-refractivity contribution >= 4 is 22.6 Å². The van der Waals surface area contributed by atoms with Crippen molar-refractivity contribution in [2.75, 3.05) is 13.1 Å². The van der Waals surface area contributed by atoms with Gasteiger partial charge in [-0.25, -0.2) is 0 Å². The first kappa shape index (κ1) is 19.0. The zero-order chi connectivity index (χ0) is 19.3. The zero-order valence-corrected chi connectivity index (χ0v) is 16.5. The molecule has 4 nitrogen and oxygen atoms in total. The summed E-state index contributed by atoms with van der Waals surface area (Å²) in [5, 5.41) is 5.62. The van der Waals surface area contributed by atoms with Crippen LogP contribution in [0.15, 0.2) is 42.5 Å². The Bertz CT molecular complexity index is 833. The largest absolute Gasteiger partial charge is 0.353 e. The van der Waals surface area contributed by atoms with Gasteiger partial charge in [0.15, 0.2) is 0 Å². The van der Waals surface area contributed by atoms with Crippen molar-refractivity contribution in [1.29, 1.82) is 0 Å². The van der Waals surface area contributed by atoms with Crippen LogP contribution in [0.1, 0.15) is 50.5 Å². The number of nitrogens with one attached hydrogen (secondary N) is 1. The van der Waals surface area contributed by atoms with E-state index in [1.54, 1.807) is 0 Å². The highest BCUT2D eigenvalue weighted by Crippen LogP contribution is 2.24. The van der Waals surface area contributed by atoms with Gasteiger partial charge in [0.1, 0.15) is 0 Å². The van der Waals surface area contributed by atoms with Crippen LogP contribution in [-0.4, -0.2) is 35.8 Å². The van der Waals surface area contributed by atoms with E-state index in [9.17, 15) is 9.59 Å². The van der Waals surface area contributed by atoms with Gasteiger partial charge >= 0.3 is 0 Å². The monoisotopic (exact) mass is 378 g/mol. The van der Waals surface area contributed by atoms with E-state index in [0.29, 0.717) is 6.42 Å².